The van der Waals surface area contributed by atoms with Gasteiger partial charge in [0.25, 0.3) is 5.91 Å². The SMILES string of the molecule is Cc1ncccc1C(=O)Nc1ccc(F)cc1C#CCO. The molecule has 0 bridgehead atoms. The predicted octanol–water partition coefficient (Wildman–Crippen LogP) is 2.13. The van der Waals surface area contributed by atoms with Crippen molar-refractivity contribution in [2.75, 3.05) is 11.9 Å². The van der Waals surface area contributed by atoms with Crippen LogP contribution in [0.3, 0.4) is 0 Å². The number of aliphatic hydroxyl groups excluding tert-OH is 1. The number of benzene rings is 1. The van der Waals surface area contributed by atoms with Gasteiger partial charge in [-0.15, -0.1) is 0 Å². The Labute approximate surface area is 121 Å². The van der Waals surface area contributed by atoms with Gasteiger partial charge >= 0.3 is 0 Å². The summed E-state index contributed by atoms with van der Waals surface area (Å²) in [6, 6.07) is 7.18. The highest BCUT2D eigenvalue weighted by atomic mass is 19.1. The molecular formula is C16H13FN2O2. The molecule has 0 radical (unpaired) electrons. The summed E-state index contributed by atoms with van der Waals surface area (Å²) >= 11 is 0. The van der Waals surface area contributed by atoms with Crippen molar-refractivity contribution in [3.05, 3.63) is 59.2 Å². The van der Waals surface area contributed by atoms with Crippen LogP contribution in [-0.4, -0.2) is 22.6 Å². The van der Waals surface area contributed by atoms with E-state index in [-0.39, 0.29) is 12.5 Å². The maximum Gasteiger partial charge on any atom is 0.257 e. The minimum absolute atomic E-state index is 0.305. The van der Waals surface area contributed by atoms with Gasteiger partial charge < -0.3 is 10.4 Å². The fraction of sp³-hybridized carbons (Fsp3) is 0.125. The maximum atomic E-state index is 13.2. The summed E-state index contributed by atoms with van der Waals surface area (Å²) in [5.74, 6) is 4.22. The lowest BCUT2D eigenvalue weighted by molar-refractivity contribution is 0.102. The summed E-state index contributed by atoms with van der Waals surface area (Å²) in [4.78, 5) is 16.2. The van der Waals surface area contributed by atoms with Crippen LogP contribution >= 0.6 is 0 Å². The van der Waals surface area contributed by atoms with Crippen LogP contribution in [0.4, 0.5) is 10.1 Å². The number of carbonyl (C=O) groups is 1. The predicted molar refractivity (Wildman–Crippen MR) is 77.3 cm³/mol. The first-order valence-corrected chi connectivity index (χ1v) is 6.24. The number of nitrogens with one attached hydrogen (secondary N) is 1. The molecule has 2 aromatic rings. The van der Waals surface area contributed by atoms with Crippen molar-refractivity contribution >= 4 is 11.6 Å². The van der Waals surface area contributed by atoms with Gasteiger partial charge in [0.15, 0.2) is 0 Å². The number of hydrogen-bond donors (Lipinski definition) is 2. The Bertz CT molecular complexity index is 733. The molecule has 0 saturated heterocycles. The molecule has 1 amide bonds. The molecule has 0 saturated carbocycles. The van der Waals surface area contributed by atoms with Crippen LogP contribution in [-0.2, 0) is 0 Å². The molecule has 5 heteroatoms. The third-order valence-electron chi connectivity index (χ3n) is 2.78. The number of amides is 1. The van der Waals surface area contributed by atoms with Gasteiger partial charge in [-0.2, -0.15) is 0 Å². The van der Waals surface area contributed by atoms with Gasteiger partial charge in [-0.05, 0) is 37.3 Å². The van der Waals surface area contributed by atoms with Crippen LogP contribution in [0, 0.1) is 24.6 Å². The summed E-state index contributed by atoms with van der Waals surface area (Å²) in [5, 5.41) is 11.4. The van der Waals surface area contributed by atoms with Crippen molar-refractivity contribution in [2.24, 2.45) is 0 Å². The van der Waals surface area contributed by atoms with Crippen LogP contribution < -0.4 is 5.32 Å². The third kappa shape index (κ3) is 3.65. The van der Waals surface area contributed by atoms with E-state index in [1.807, 2.05) is 0 Å². The van der Waals surface area contributed by atoms with E-state index in [2.05, 4.69) is 22.1 Å². The fourth-order valence-electron chi connectivity index (χ4n) is 1.78. The van der Waals surface area contributed by atoms with Gasteiger partial charge in [0, 0.05) is 11.9 Å². The molecule has 0 fully saturated rings. The molecular weight excluding hydrogens is 271 g/mol. The highest BCUT2D eigenvalue weighted by Gasteiger charge is 2.11. The average Bonchev–Trinajstić information content (AvgIpc) is 2.47. The number of aromatic nitrogens is 1. The molecule has 0 aliphatic rings. The number of hydrogen-bond acceptors (Lipinski definition) is 3. The van der Waals surface area contributed by atoms with Crippen molar-refractivity contribution in [1.29, 1.82) is 0 Å². The van der Waals surface area contributed by atoms with E-state index < -0.39 is 5.82 Å². The quantitative estimate of drug-likeness (QED) is 0.830. The van der Waals surface area contributed by atoms with Gasteiger partial charge in [-0.1, -0.05) is 11.8 Å². The van der Waals surface area contributed by atoms with E-state index in [1.165, 1.54) is 18.2 Å². The average molecular weight is 284 g/mol. The van der Waals surface area contributed by atoms with Crippen LogP contribution in [0.5, 0.6) is 0 Å². The largest absolute Gasteiger partial charge is 0.384 e. The molecule has 1 aromatic carbocycles. The summed E-state index contributed by atoms with van der Waals surface area (Å²) in [5.41, 5.74) is 1.72. The van der Waals surface area contributed by atoms with Gasteiger partial charge in [-0.25, -0.2) is 4.39 Å². The monoisotopic (exact) mass is 284 g/mol. The van der Waals surface area contributed by atoms with E-state index in [9.17, 15) is 9.18 Å². The first-order valence-electron chi connectivity index (χ1n) is 6.24. The Morgan fingerprint density at radius 3 is 2.95 bits per heavy atom. The zero-order valence-corrected chi connectivity index (χ0v) is 11.4. The number of halogens is 1. The van der Waals surface area contributed by atoms with Gasteiger partial charge in [-0.3, -0.25) is 9.78 Å². The molecule has 0 atom stereocenters. The molecule has 0 unspecified atom stereocenters. The topological polar surface area (TPSA) is 62.2 Å². The van der Waals surface area contributed by atoms with Gasteiger partial charge in [0.05, 0.1) is 16.8 Å². The Kier molecular flexibility index (Phi) is 4.64. The van der Waals surface area contributed by atoms with E-state index >= 15 is 0 Å². The number of pyridine rings is 1. The van der Waals surface area contributed by atoms with Gasteiger partial charge in [0.1, 0.15) is 12.4 Å². The van der Waals surface area contributed by atoms with Crippen molar-refractivity contribution in [3.63, 3.8) is 0 Å². The van der Waals surface area contributed by atoms with Crippen molar-refractivity contribution in [3.8, 4) is 11.8 Å². The molecule has 0 aliphatic heterocycles. The first-order chi connectivity index (χ1) is 10.1. The number of rotatable bonds is 2. The van der Waals surface area contributed by atoms with Crippen LogP contribution in [0.25, 0.3) is 0 Å². The Morgan fingerprint density at radius 2 is 2.24 bits per heavy atom. The third-order valence-corrected chi connectivity index (χ3v) is 2.78. The van der Waals surface area contributed by atoms with Crippen molar-refractivity contribution in [1.82, 2.24) is 4.98 Å². The molecule has 0 spiro atoms. The number of nitrogens with zero attached hydrogens (tertiary/aromatic N) is 1. The first kappa shape index (κ1) is 14.7. The van der Waals surface area contributed by atoms with Crippen LogP contribution in [0.2, 0.25) is 0 Å². The molecule has 2 N–H and O–H groups in total. The lowest BCUT2D eigenvalue weighted by atomic mass is 10.1. The van der Waals surface area contributed by atoms with Crippen molar-refractivity contribution < 1.29 is 14.3 Å². The summed E-state index contributed by atoms with van der Waals surface area (Å²) in [6.07, 6.45) is 1.60. The van der Waals surface area contributed by atoms with E-state index in [0.29, 0.717) is 22.5 Å². The second kappa shape index (κ2) is 6.64. The molecule has 1 heterocycles. The van der Waals surface area contributed by atoms with Crippen LogP contribution in [0.1, 0.15) is 21.6 Å². The highest BCUT2D eigenvalue weighted by Crippen LogP contribution is 2.17. The minimum atomic E-state index is -0.465. The number of carbonyl (C=O) groups excluding carboxylic acids is 1. The summed E-state index contributed by atoms with van der Waals surface area (Å²) < 4.78 is 13.2. The van der Waals surface area contributed by atoms with E-state index in [1.54, 1.807) is 25.3 Å². The Hall–Kier alpha value is -2.71. The second-order valence-electron chi connectivity index (χ2n) is 4.24. The molecule has 1 aromatic heterocycles. The Balaban J connectivity index is 2.31. The lowest BCUT2D eigenvalue weighted by Crippen LogP contribution is -2.14. The fourth-order valence-corrected chi connectivity index (χ4v) is 1.78. The van der Waals surface area contributed by atoms with E-state index in [4.69, 9.17) is 5.11 Å². The number of aryl methyl sites for hydroxylation is 1. The zero-order chi connectivity index (χ0) is 15.2. The number of aliphatic hydroxyl groups is 1. The van der Waals surface area contributed by atoms with Crippen LogP contribution in [0.15, 0.2) is 36.5 Å². The zero-order valence-electron chi connectivity index (χ0n) is 11.4. The number of anilines is 1. The smallest absolute Gasteiger partial charge is 0.257 e. The second-order valence-corrected chi connectivity index (χ2v) is 4.24. The molecule has 4 nitrogen and oxygen atoms in total. The molecule has 21 heavy (non-hydrogen) atoms. The van der Waals surface area contributed by atoms with E-state index in [0.717, 1.165) is 0 Å². The van der Waals surface area contributed by atoms with Gasteiger partial charge in [0.2, 0.25) is 0 Å². The summed E-state index contributed by atoms with van der Waals surface area (Å²) in [7, 11) is 0. The highest BCUT2D eigenvalue weighted by molar-refractivity contribution is 6.05. The minimum Gasteiger partial charge on any atom is -0.384 e. The maximum absolute atomic E-state index is 13.2. The summed E-state index contributed by atoms with van der Waals surface area (Å²) in [6.45, 7) is 1.39. The van der Waals surface area contributed by atoms with Crippen molar-refractivity contribution in [2.45, 2.75) is 6.92 Å². The molecule has 0 aliphatic carbocycles. The standard InChI is InChI=1S/C16H13FN2O2/c1-11-14(5-2-8-18-11)16(21)19-15-7-6-13(17)10-12(15)4-3-9-20/h2,5-8,10,20H,9H2,1H3,(H,19,21). The molecule has 2 rings (SSSR count). The lowest BCUT2D eigenvalue weighted by Gasteiger charge is -2.09. The Morgan fingerprint density at radius 1 is 1.43 bits per heavy atom. The molecule has 106 valence electrons. The normalized spacial score (nSPS) is 9.67.